The Morgan fingerprint density at radius 3 is 1.97 bits per heavy atom. The highest BCUT2D eigenvalue weighted by atomic mass is 32.2. The van der Waals surface area contributed by atoms with Crippen molar-refractivity contribution in [3.63, 3.8) is 0 Å². The van der Waals surface area contributed by atoms with Crippen LogP contribution in [-0.2, 0) is 69.4 Å². The third-order valence-electron chi connectivity index (χ3n) is 8.84. The molecular formula is C40H48N4O13S. The molecule has 0 bridgehead atoms. The van der Waals surface area contributed by atoms with Gasteiger partial charge in [0.25, 0.3) is 0 Å². The summed E-state index contributed by atoms with van der Waals surface area (Å²) in [6.07, 6.45) is -4.28. The van der Waals surface area contributed by atoms with Crippen molar-refractivity contribution in [1.82, 2.24) is 20.3 Å². The van der Waals surface area contributed by atoms with Crippen molar-refractivity contribution in [2.24, 2.45) is 0 Å². The molecule has 312 valence electrons. The van der Waals surface area contributed by atoms with Crippen LogP contribution in [0.1, 0.15) is 77.6 Å². The molecule has 1 amide bonds. The summed E-state index contributed by atoms with van der Waals surface area (Å²) < 4.78 is 40.6. The van der Waals surface area contributed by atoms with Crippen molar-refractivity contribution in [1.29, 1.82) is 0 Å². The fourth-order valence-electron chi connectivity index (χ4n) is 6.76. The Hall–Kier alpha value is -5.49. The second-order valence-electron chi connectivity index (χ2n) is 14.8. The van der Waals surface area contributed by atoms with Crippen LogP contribution in [0.5, 0.6) is 0 Å². The van der Waals surface area contributed by atoms with E-state index in [0.717, 1.165) is 54.8 Å². The highest BCUT2D eigenvalue weighted by molar-refractivity contribution is 7.99. The molecule has 2 heterocycles. The Morgan fingerprint density at radius 1 is 0.793 bits per heavy atom. The highest BCUT2D eigenvalue weighted by Gasteiger charge is 2.52. The molecule has 1 N–H and O–H groups in total. The molecule has 1 aliphatic carbocycles. The largest absolute Gasteiger partial charge is 0.463 e. The van der Waals surface area contributed by atoms with Gasteiger partial charge in [0.1, 0.15) is 30.4 Å². The standard InChI is InChI=1S/C40H48N4O13S/c1-22(45)51-20-33-35(53-23(2)46)36(54-24(3)47)37(55-25(4)48)38(56-33)58-21-27-18-44(43-42-27)17-26(16-34(49)57-40(5,6)7)41-39(50)52-19-32-30-14-10-8-12-28(30)29-13-9-11-15-31(29)32/h8-15,18,26,32-33,35-38H,16-17,19-21H2,1-7H3,(H,41,50)/t26-,33?,35+,36?,37?,38-/m0/s1. The predicted molar refractivity (Wildman–Crippen MR) is 206 cm³/mol. The van der Waals surface area contributed by atoms with Crippen LogP contribution in [0, 0.1) is 0 Å². The van der Waals surface area contributed by atoms with Gasteiger partial charge in [-0.3, -0.25) is 28.7 Å². The van der Waals surface area contributed by atoms with Gasteiger partial charge < -0.3 is 38.5 Å². The molecule has 17 nitrogen and oxygen atoms in total. The number of rotatable bonds is 15. The van der Waals surface area contributed by atoms with E-state index in [2.05, 4.69) is 15.6 Å². The van der Waals surface area contributed by atoms with Crippen LogP contribution < -0.4 is 5.32 Å². The third kappa shape index (κ3) is 12.0. The molecule has 5 rings (SSSR count). The predicted octanol–water partition coefficient (Wildman–Crippen LogP) is 4.23. The zero-order valence-corrected chi connectivity index (χ0v) is 34.1. The number of nitrogens with one attached hydrogen (secondary N) is 1. The first-order valence-corrected chi connectivity index (χ1v) is 19.7. The summed E-state index contributed by atoms with van der Waals surface area (Å²) in [5, 5.41) is 11.2. The molecule has 58 heavy (non-hydrogen) atoms. The lowest BCUT2D eigenvalue weighted by molar-refractivity contribution is -0.237. The van der Waals surface area contributed by atoms with E-state index >= 15 is 0 Å². The molecule has 1 aromatic heterocycles. The number of alkyl carbamates (subject to hydrolysis) is 1. The van der Waals surface area contributed by atoms with Crippen molar-refractivity contribution in [2.45, 2.75) is 115 Å². The smallest absolute Gasteiger partial charge is 0.407 e. The Kier molecular flexibility index (Phi) is 14.5. The van der Waals surface area contributed by atoms with Gasteiger partial charge in [0.05, 0.1) is 24.7 Å². The van der Waals surface area contributed by atoms with Crippen molar-refractivity contribution >= 4 is 47.7 Å². The molecule has 3 unspecified atom stereocenters. The molecule has 0 radical (unpaired) electrons. The van der Waals surface area contributed by atoms with Gasteiger partial charge >= 0.3 is 35.9 Å². The Morgan fingerprint density at radius 2 is 1.38 bits per heavy atom. The zero-order chi connectivity index (χ0) is 42.1. The van der Waals surface area contributed by atoms with E-state index < -0.39 is 77.4 Å². The van der Waals surface area contributed by atoms with Crippen molar-refractivity contribution in [3.8, 4) is 11.1 Å². The zero-order valence-electron chi connectivity index (χ0n) is 33.3. The molecule has 0 saturated carbocycles. The van der Waals surface area contributed by atoms with Crippen LogP contribution in [-0.4, -0.2) is 106 Å². The van der Waals surface area contributed by atoms with Crippen molar-refractivity contribution < 1.29 is 61.9 Å². The minimum atomic E-state index is -1.31. The van der Waals surface area contributed by atoms with Gasteiger partial charge in [-0.2, -0.15) is 0 Å². The Bertz CT molecular complexity index is 1940. The quantitative estimate of drug-likeness (QED) is 0.168. The fourth-order valence-corrected chi connectivity index (χ4v) is 7.85. The fraction of sp³-hybridized carbons (Fsp3) is 0.500. The number of esters is 5. The number of hydrogen-bond donors (Lipinski definition) is 1. The first-order valence-electron chi connectivity index (χ1n) is 18.6. The van der Waals surface area contributed by atoms with Gasteiger partial charge in [-0.15, -0.1) is 16.9 Å². The molecule has 18 heteroatoms. The van der Waals surface area contributed by atoms with Gasteiger partial charge in [-0.05, 0) is 43.0 Å². The molecule has 1 fully saturated rings. The second kappa shape index (κ2) is 19.3. The van der Waals surface area contributed by atoms with Gasteiger partial charge in [0.2, 0.25) is 0 Å². The molecule has 1 aliphatic heterocycles. The summed E-state index contributed by atoms with van der Waals surface area (Å²) in [6.45, 7) is 9.59. The van der Waals surface area contributed by atoms with Gasteiger partial charge in [0, 0.05) is 45.6 Å². The molecule has 0 spiro atoms. The van der Waals surface area contributed by atoms with Gasteiger partial charge in [0.15, 0.2) is 18.3 Å². The normalized spacial score (nSPS) is 20.4. The number of aromatic nitrogens is 3. The van der Waals surface area contributed by atoms with Crippen LogP contribution >= 0.6 is 11.8 Å². The number of nitrogens with zero attached hydrogens (tertiary/aromatic N) is 3. The van der Waals surface area contributed by atoms with Crippen LogP contribution in [0.2, 0.25) is 0 Å². The summed E-state index contributed by atoms with van der Waals surface area (Å²) in [5.41, 5.74) is 2.92. The number of hydrogen-bond acceptors (Lipinski definition) is 16. The number of benzene rings is 2. The van der Waals surface area contributed by atoms with E-state index in [9.17, 15) is 28.8 Å². The van der Waals surface area contributed by atoms with Crippen molar-refractivity contribution in [2.75, 3.05) is 13.2 Å². The van der Waals surface area contributed by atoms with E-state index in [1.54, 1.807) is 27.0 Å². The SMILES string of the molecule is CC(=O)OCC1O[C@@H](SCc2cn(C[C@H](CC(=O)OC(C)(C)C)NC(=O)OCC3c4ccccc4-c4ccccc43)nn2)C(OC(C)=O)C(OC(C)=O)[C@@H]1OC(C)=O. The minimum Gasteiger partial charge on any atom is -0.463 e. The van der Waals surface area contributed by atoms with Gasteiger partial charge in [-0.1, -0.05) is 53.7 Å². The number of fused-ring (bicyclic) bond motifs is 3. The molecule has 2 aromatic carbocycles. The van der Waals surface area contributed by atoms with Crippen molar-refractivity contribution in [3.05, 3.63) is 71.5 Å². The number of carbonyl (C=O) groups is 6. The molecular weight excluding hydrogens is 777 g/mol. The number of carbonyl (C=O) groups excluding carboxylic acids is 6. The van der Waals surface area contributed by atoms with Crippen LogP contribution in [0.3, 0.4) is 0 Å². The second-order valence-corrected chi connectivity index (χ2v) is 15.9. The third-order valence-corrected chi connectivity index (χ3v) is 10.0. The average molecular weight is 825 g/mol. The topological polar surface area (TPSA) is 210 Å². The van der Waals surface area contributed by atoms with E-state index in [1.807, 2.05) is 48.5 Å². The molecule has 1 saturated heterocycles. The first kappa shape index (κ1) is 43.6. The maximum atomic E-state index is 13.3. The van der Waals surface area contributed by atoms with E-state index in [1.165, 1.54) is 11.6 Å². The Labute approximate surface area is 339 Å². The van der Waals surface area contributed by atoms with Crippen LogP contribution in [0.15, 0.2) is 54.7 Å². The molecule has 6 atom stereocenters. The van der Waals surface area contributed by atoms with Gasteiger partial charge in [-0.25, -0.2) is 4.79 Å². The Balaban J connectivity index is 1.29. The lowest BCUT2D eigenvalue weighted by atomic mass is 9.98. The summed E-state index contributed by atoms with van der Waals surface area (Å²) in [5.74, 6) is -3.43. The summed E-state index contributed by atoms with van der Waals surface area (Å²) in [4.78, 5) is 74.4. The number of amides is 1. The van der Waals surface area contributed by atoms with E-state index in [0.29, 0.717) is 5.69 Å². The maximum absolute atomic E-state index is 13.3. The summed E-state index contributed by atoms with van der Waals surface area (Å²) >= 11 is 1.11. The average Bonchev–Trinajstić information content (AvgIpc) is 3.71. The monoisotopic (exact) mass is 824 g/mol. The number of thioether (sulfide) groups is 1. The first-order chi connectivity index (χ1) is 27.5. The summed E-state index contributed by atoms with van der Waals surface area (Å²) in [6, 6.07) is 15.1. The van der Waals surface area contributed by atoms with E-state index in [-0.39, 0.29) is 37.9 Å². The summed E-state index contributed by atoms with van der Waals surface area (Å²) in [7, 11) is 0. The maximum Gasteiger partial charge on any atom is 0.407 e. The van der Waals surface area contributed by atoms with E-state index in [4.69, 9.17) is 33.2 Å². The molecule has 3 aromatic rings. The lowest BCUT2D eigenvalue weighted by Gasteiger charge is -2.44. The van der Waals surface area contributed by atoms with Crippen LogP contribution in [0.25, 0.3) is 11.1 Å². The minimum absolute atomic E-state index is 0.0140. The number of ether oxygens (including phenoxy) is 7. The highest BCUT2D eigenvalue weighted by Crippen LogP contribution is 2.44. The van der Waals surface area contributed by atoms with Crippen LogP contribution in [0.4, 0.5) is 4.79 Å². The lowest BCUT2D eigenvalue weighted by Crippen LogP contribution is -2.61. The molecule has 2 aliphatic rings.